The van der Waals surface area contributed by atoms with Crippen molar-refractivity contribution < 1.29 is 33.1 Å². The van der Waals surface area contributed by atoms with Crippen LogP contribution in [0.5, 0.6) is 5.75 Å². The predicted molar refractivity (Wildman–Crippen MR) is 136 cm³/mol. The van der Waals surface area contributed by atoms with Gasteiger partial charge in [0.25, 0.3) is 0 Å². The molecule has 3 heterocycles. The number of fused-ring (bicyclic) bond motifs is 1. The fraction of sp³-hybridized carbons (Fsp3) is 0.375. The number of nitrogens with zero attached hydrogens (tertiary/aromatic N) is 2. The number of amides is 2. The van der Waals surface area contributed by atoms with Crippen LogP contribution in [-0.4, -0.2) is 54.0 Å². The molecule has 1 unspecified atom stereocenters. The summed E-state index contributed by atoms with van der Waals surface area (Å²) in [5.74, 6) is -0.321. The first kappa shape index (κ1) is 26.5. The summed E-state index contributed by atoms with van der Waals surface area (Å²) in [5.41, 5.74) is 1.11. The van der Waals surface area contributed by atoms with Crippen LogP contribution in [0.3, 0.4) is 0 Å². The van der Waals surface area contributed by atoms with Crippen LogP contribution in [0.15, 0.2) is 38.6 Å². The number of thioether (sulfide) groups is 1. The van der Waals surface area contributed by atoms with Gasteiger partial charge in [-0.3, -0.25) is 14.1 Å². The van der Waals surface area contributed by atoms with Crippen LogP contribution in [0.25, 0.3) is 5.69 Å². The van der Waals surface area contributed by atoms with Gasteiger partial charge in [0, 0.05) is 30.5 Å². The Morgan fingerprint density at radius 1 is 1.27 bits per heavy atom. The molecule has 1 aliphatic rings. The van der Waals surface area contributed by atoms with Crippen molar-refractivity contribution in [3.05, 3.63) is 50.7 Å². The second-order valence-electron chi connectivity index (χ2n) is 8.21. The van der Waals surface area contributed by atoms with Crippen LogP contribution in [0.4, 0.5) is 5.00 Å². The molecule has 196 valence electrons. The van der Waals surface area contributed by atoms with E-state index in [2.05, 4.69) is 10.6 Å². The van der Waals surface area contributed by atoms with Gasteiger partial charge in [-0.05, 0) is 52.3 Å². The largest absolute Gasteiger partial charge is 0.497 e. The third-order valence-electron chi connectivity index (χ3n) is 5.98. The Bertz CT molecular complexity index is 1380. The standard InChI is InChI=1S/C24H26N4O7S2/c1-5-17(37-22-24(32)35-26-28(22)14-6-8-15(33-3)9-7-14)20(30)25-21-19(23(31)34-4)16-10-11-27(13(2)29)12-18(16)36-21/h6-9,17H,5,10-12H2,1-4H3,(H-,25,26,30,31,32)/p+1. The topological polar surface area (TPSA) is 135 Å². The van der Waals surface area contributed by atoms with E-state index in [1.165, 1.54) is 30.1 Å². The molecule has 0 radical (unpaired) electrons. The number of aromatic amines is 1. The molecule has 0 saturated carbocycles. The first-order valence-corrected chi connectivity index (χ1v) is 13.2. The van der Waals surface area contributed by atoms with Gasteiger partial charge in [-0.15, -0.1) is 11.3 Å². The Morgan fingerprint density at radius 2 is 2.00 bits per heavy atom. The maximum absolute atomic E-state index is 13.4. The number of hydrogen-bond acceptors (Lipinski definition) is 9. The summed E-state index contributed by atoms with van der Waals surface area (Å²) in [4.78, 5) is 52.8. The number of carbonyl (C=O) groups is 3. The lowest BCUT2D eigenvalue weighted by molar-refractivity contribution is -0.704. The molecule has 4 rings (SSSR count). The molecule has 11 nitrogen and oxygen atoms in total. The van der Waals surface area contributed by atoms with E-state index in [-0.39, 0.29) is 16.8 Å². The van der Waals surface area contributed by atoms with Gasteiger partial charge < -0.3 is 19.7 Å². The van der Waals surface area contributed by atoms with Crippen LogP contribution >= 0.6 is 23.1 Å². The lowest BCUT2D eigenvalue weighted by atomic mass is 10.0. The predicted octanol–water partition coefficient (Wildman–Crippen LogP) is 2.52. The Morgan fingerprint density at radius 3 is 2.62 bits per heavy atom. The molecule has 1 atom stereocenters. The van der Waals surface area contributed by atoms with Gasteiger partial charge in [0.15, 0.2) is 0 Å². The zero-order valence-corrected chi connectivity index (χ0v) is 22.4. The summed E-state index contributed by atoms with van der Waals surface area (Å²) < 4.78 is 16.6. The SMILES string of the molecule is CCC(Sc1c(=O)o[nH][n+]1-c1ccc(OC)cc1)C(=O)Nc1sc2c(c1C(=O)OC)CCN(C(C)=O)C2. The van der Waals surface area contributed by atoms with E-state index in [4.69, 9.17) is 14.0 Å². The van der Waals surface area contributed by atoms with E-state index >= 15 is 0 Å². The van der Waals surface area contributed by atoms with Gasteiger partial charge in [-0.2, -0.15) is 0 Å². The number of rotatable bonds is 8. The number of ether oxygens (including phenoxy) is 2. The molecule has 13 heteroatoms. The van der Waals surface area contributed by atoms with E-state index in [1.54, 1.807) is 36.3 Å². The molecule has 2 amide bonds. The zero-order chi connectivity index (χ0) is 26.7. The summed E-state index contributed by atoms with van der Waals surface area (Å²) in [5, 5.41) is 5.34. The molecule has 2 aromatic heterocycles. The zero-order valence-electron chi connectivity index (χ0n) is 20.8. The van der Waals surface area contributed by atoms with E-state index in [1.807, 2.05) is 6.92 Å². The van der Waals surface area contributed by atoms with Crippen molar-refractivity contribution in [1.29, 1.82) is 0 Å². The molecule has 37 heavy (non-hydrogen) atoms. The second kappa shape index (κ2) is 11.2. The molecule has 3 aromatic rings. The highest BCUT2D eigenvalue weighted by Gasteiger charge is 2.34. The van der Waals surface area contributed by atoms with E-state index in [9.17, 15) is 19.2 Å². The summed E-state index contributed by atoms with van der Waals surface area (Å²) in [6.07, 6.45) is 0.893. The number of thiophene rings is 1. The van der Waals surface area contributed by atoms with E-state index in [0.717, 1.165) is 22.2 Å². The number of methoxy groups -OCH3 is 2. The Hall–Kier alpha value is -3.58. The highest BCUT2D eigenvalue weighted by molar-refractivity contribution is 8.00. The van der Waals surface area contributed by atoms with Crippen molar-refractivity contribution in [1.82, 2.24) is 10.2 Å². The fourth-order valence-corrected chi connectivity index (χ4v) is 6.24. The van der Waals surface area contributed by atoms with Gasteiger partial charge in [0.1, 0.15) is 10.8 Å². The molecule has 1 aromatic carbocycles. The second-order valence-corrected chi connectivity index (χ2v) is 10.5. The average molecular weight is 548 g/mol. The highest BCUT2D eigenvalue weighted by Crippen LogP contribution is 2.38. The van der Waals surface area contributed by atoms with Gasteiger partial charge in [-0.1, -0.05) is 6.92 Å². The first-order valence-electron chi connectivity index (χ1n) is 11.5. The summed E-state index contributed by atoms with van der Waals surface area (Å²) in [6.45, 7) is 4.18. The number of carbonyl (C=O) groups excluding carboxylic acids is 3. The number of anilines is 1. The minimum atomic E-state index is -0.665. The molecule has 0 saturated heterocycles. The van der Waals surface area contributed by atoms with Gasteiger partial charge in [0.05, 0.1) is 31.6 Å². The van der Waals surface area contributed by atoms with Crippen LogP contribution in [0, 0.1) is 0 Å². The maximum atomic E-state index is 13.4. The number of benzene rings is 1. The lowest BCUT2D eigenvalue weighted by Gasteiger charge is -2.25. The van der Waals surface area contributed by atoms with Crippen molar-refractivity contribution in [3.8, 4) is 11.4 Å². The monoisotopic (exact) mass is 547 g/mol. The average Bonchev–Trinajstić information content (AvgIpc) is 3.45. The minimum absolute atomic E-state index is 0.0535. The van der Waals surface area contributed by atoms with Gasteiger partial charge in [-0.25, -0.2) is 9.59 Å². The summed E-state index contributed by atoms with van der Waals surface area (Å²) in [6, 6.07) is 6.98. The lowest BCUT2D eigenvalue weighted by Crippen LogP contribution is -2.37. The quantitative estimate of drug-likeness (QED) is 0.250. The van der Waals surface area contributed by atoms with Crippen LogP contribution in [0.1, 0.15) is 41.1 Å². The smallest absolute Gasteiger partial charge is 0.442 e. The molecular formula is C24H27N4O7S2+. The summed E-state index contributed by atoms with van der Waals surface area (Å²) in [7, 11) is 2.85. The highest BCUT2D eigenvalue weighted by atomic mass is 32.2. The number of esters is 1. The molecule has 0 spiro atoms. The van der Waals surface area contributed by atoms with E-state index in [0.29, 0.717) is 47.9 Å². The maximum Gasteiger partial charge on any atom is 0.442 e. The van der Waals surface area contributed by atoms with E-state index < -0.39 is 16.8 Å². The Labute approximate surface area is 220 Å². The fourth-order valence-electron chi connectivity index (χ4n) is 3.99. The molecular weight excluding hydrogens is 520 g/mol. The van der Waals surface area contributed by atoms with Gasteiger partial charge >= 0.3 is 16.6 Å². The molecule has 0 fully saturated rings. The van der Waals surface area contributed by atoms with Crippen molar-refractivity contribution >= 4 is 45.9 Å². The third-order valence-corrected chi connectivity index (χ3v) is 8.52. The van der Waals surface area contributed by atoms with Crippen molar-refractivity contribution in [2.45, 2.75) is 43.5 Å². The Kier molecular flexibility index (Phi) is 8.03. The molecule has 2 N–H and O–H groups in total. The van der Waals surface area contributed by atoms with Crippen molar-refractivity contribution in [2.75, 3.05) is 26.1 Å². The van der Waals surface area contributed by atoms with Gasteiger partial charge in [0.2, 0.25) is 17.5 Å². The Balaban J connectivity index is 1.59. The van der Waals surface area contributed by atoms with Crippen LogP contribution in [0.2, 0.25) is 0 Å². The molecule has 0 bridgehead atoms. The van der Waals surface area contributed by atoms with Crippen molar-refractivity contribution in [2.24, 2.45) is 0 Å². The molecule has 0 aliphatic carbocycles. The molecule has 1 aliphatic heterocycles. The number of aromatic nitrogens is 2. The normalized spacial score (nSPS) is 13.6. The third kappa shape index (κ3) is 5.42. The van der Waals surface area contributed by atoms with Crippen LogP contribution in [-0.2, 0) is 27.3 Å². The summed E-state index contributed by atoms with van der Waals surface area (Å²) >= 11 is 2.32. The number of H-pyrrole nitrogens is 1. The number of nitrogens with one attached hydrogen (secondary N) is 2. The van der Waals surface area contributed by atoms with Crippen LogP contribution < -0.4 is 20.4 Å². The minimum Gasteiger partial charge on any atom is -0.497 e. The number of hydrogen-bond donors (Lipinski definition) is 2. The van der Waals surface area contributed by atoms with Crippen molar-refractivity contribution in [3.63, 3.8) is 0 Å². The first-order chi connectivity index (χ1) is 17.8.